The Morgan fingerprint density at radius 2 is 1.96 bits per heavy atom. The van der Waals surface area contributed by atoms with Crippen LogP contribution in [0.25, 0.3) is 0 Å². The number of aromatic nitrogens is 2. The van der Waals surface area contributed by atoms with Crippen molar-refractivity contribution in [2.75, 3.05) is 53.5 Å². The van der Waals surface area contributed by atoms with Crippen LogP contribution in [0.2, 0.25) is 0 Å². The highest BCUT2D eigenvalue weighted by molar-refractivity contribution is 5.88. The number of likely N-dealkylation sites (N-methyl/N-ethyl adjacent to an activating group) is 1. The van der Waals surface area contributed by atoms with Gasteiger partial charge in [-0.25, -0.2) is 4.98 Å². The molecule has 1 aromatic rings. The van der Waals surface area contributed by atoms with Crippen molar-refractivity contribution in [1.29, 1.82) is 0 Å². The Morgan fingerprint density at radius 3 is 2.62 bits per heavy atom. The highest BCUT2D eigenvalue weighted by Gasteiger charge is 2.37. The van der Waals surface area contributed by atoms with Crippen molar-refractivity contribution in [2.45, 2.75) is 25.4 Å². The average Bonchev–Trinajstić information content (AvgIpc) is 3.15. The number of rotatable bonds is 5. The van der Waals surface area contributed by atoms with Crippen molar-refractivity contribution in [2.24, 2.45) is 5.92 Å². The minimum Gasteiger partial charge on any atom is -0.375 e. The van der Waals surface area contributed by atoms with E-state index in [2.05, 4.69) is 14.5 Å². The molecule has 3 heterocycles. The average molecular weight is 363 g/mol. The van der Waals surface area contributed by atoms with Gasteiger partial charge in [0.15, 0.2) is 0 Å². The van der Waals surface area contributed by atoms with E-state index in [4.69, 9.17) is 4.74 Å². The van der Waals surface area contributed by atoms with Crippen LogP contribution < -0.4 is 0 Å². The minimum absolute atomic E-state index is 0.0282. The Hall–Kier alpha value is -1.93. The molecular formula is C18H29N5O3. The Kier molecular flexibility index (Phi) is 6.26. The highest BCUT2D eigenvalue weighted by atomic mass is 16.5. The van der Waals surface area contributed by atoms with Crippen LogP contribution >= 0.6 is 0 Å². The van der Waals surface area contributed by atoms with Crippen molar-refractivity contribution in [3.05, 3.63) is 18.7 Å². The lowest BCUT2D eigenvalue weighted by molar-refractivity contribution is -0.152. The number of nitrogens with zero attached hydrogens (tertiary/aromatic N) is 5. The van der Waals surface area contributed by atoms with Gasteiger partial charge >= 0.3 is 0 Å². The Bertz CT molecular complexity index is 598. The summed E-state index contributed by atoms with van der Waals surface area (Å²) in [5.74, 6) is 0.532. The molecule has 0 spiro atoms. The first-order valence-electron chi connectivity index (χ1n) is 9.30. The fourth-order valence-electron chi connectivity index (χ4n) is 3.88. The Morgan fingerprint density at radius 1 is 1.19 bits per heavy atom. The van der Waals surface area contributed by atoms with Gasteiger partial charge in [0, 0.05) is 58.8 Å². The van der Waals surface area contributed by atoms with Crippen LogP contribution in [0.15, 0.2) is 18.7 Å². The fourth-order valence-corrected chi connectivity index (χ4v) is 3.88. The van der Waals surface area contributed by atoms with Crippen LogP contribution in [0.1, 0.15) is 12.8 Å². The van der Waals surface area contributed by atoms with Crippen LogP contribution in [-0.4, -0.2) is 95.6 Å². The second-order valence-electron chi connectivity index (χ2n) is 7.33. The zero-order valence-electron chi connectivity index (χ0n) is 15.7. The summed E-state index contributed by atoms with van der Waals surface area (Å²) >= 11 is 0. The van der Waals surface area contributed by atoms with Crippen molar-refractivity contribution in [3.8, 4) is 0 Å². The lowest BCUT2D eigenvalue weighted by atomic mass is 9.96. The van der Waals surface area contributed by atoms with Gasteiger partial charge in [-0.05, 0) is 25.8 Å². The maximum Gasteiger partial charge on any atom is 0.249 e. The summed E-state index contributed by atoms with van der Waals surface area (Å²) in [6, 6.07) is -0.401. The third kappa shape index (κ3) is 4.42. The number of methoxy groups -OCH3 is 1. The van der Waals surface area contributed by atoms with Gasteiger partial charge in [-0.15, -0.1) is 0 Å². The standard InChI is InChI=1S/C18H29N5O3/c1-20-9-10-23(17(24)13-26-2)16(12-20)18(25)22-6-3-15(4-7-22)11-21-8-5-19-14-21/h5,8,14-16H,3-4,6-7,9-13H2,1-2H3. The second kappa shape index (κ2) is 8.64. The summed E-state index contributed by atoms with van der Waals surface area (Å²) in [5, 5.41) is 0. The number of likely N-dealkylation sites (tertiary alicyclic amines) is 1. The van der Waals surface area contributed by atoms with Crippen molar-refractivity contribution < 1.29 is 14.3 Å². The molecule has 1 aromatic heterocycles. The molecule has 0 aromatic carbocycles. The number of ether oxygens (including phenoxy) is 1. The molecular weight excluding hydrogens is 334 g/mol. The van der Waals surface area contributed by atoms with Crippen molar-refractivity contribution in [3.63, 3.8) is 0 Å². The summed E-state index contributed by atoms with van der Waals surface area (Å²) in [6.07, 6.45) is 7.59. The van der Waals surface area contributed by atoms with E-state index in [0.29, 0.717) is 19.0 Å². The van der Waals surface area contributed by atoms with Gasteiger partial charge in [-0.3, -0.25) is 9.59 Å². The van der Waals surface area contributed by atoms with E-state index in [1.54, 1.807) is 11.1 Å². The minimum atomic E-state index is -0.401. The zero-order valence-corrected chi connectivity index (χ0v) is 15.7. The number of carbonyl (C=O) groups excluding carboxylic acids is 2. The molecule has 0 saturated carbocycles. The number of hydrogen-bond donors (Lipinski definition) is 0. The van der Waals surface area contributed by atoms with E-state index < -0.39 is 6.04 Å². The van der Waals surface area contributed by atoms with Crippen molar-refractivity contribution in [1.82, 2.24) is 24.3 Å². The number of piperidine rings is 1. The molecule has 2 aliphatic heterocycles. The topological polar surface area (TPSA) is 70.9 Å². The molecule has 1 unspecified atom stereocenters. The van der Waals surface area contributed by atoms with E-state index in [1.165, 1.54) is 7.11 Å². The maximum atomic E-state index is 13.1. The third-order valence-electron chi connectivity index (χ3n) is 5.41. The molecule has 2 aliphatic rings. The van der Waals surface area contributed by atoms with Crippen LogP contribution in [0.4, 0.5) is 0 Å². The van der Waals surface area contributed by atoms with E-state index in [9.17, 15) is 9.59 Å². The molecule has 3 rings (SSSR count). The monoisotopic (exact) mass is 363 g/mol. The van der Waals surface area contributed by atoms with Gasteiger partial charge in [0.2, 0.25) is 11.8 Å². The van der Waals surface area contributed by atoms with Gasteiger partial charge in [0.25, 0.3) is 0 Å². The van der Waals surface area contributed by atoms with E-state index in [-0.39, 0.29) is 18.4 Å². The summed E-state index contributed by atoms with van der Waals surface area (Å²) < 4.78 is 7.08. The first-order chi connectivity index (χ1) is 12.6. The summed E-state index contributed by atoms with van der Waals surface area (Å²) in [6.45, 7) is 4.43. The lowest BCUT2D eigenvalue weighted by Crippen LogP contribution is -2.61. The molecule has 0 aliphatic carbocycles. The smallest absolute Gasteiger partial charge is 0.249 e. The molecule has 0 radical (unpaired) electrons. The molecule has 8 nitrogen and oxygen atoms in total. The fraction of sp³-hybridized carbons (Fsp3) is 0.722. The van der Waals surface area contributed by atoms with Gasteiger partial charge in [-0.2, -0.15) is 0 Å². The number of imidazole rings is 1. The van der Waals surface area contributed by atoms with Crippen molar-refractivity contribution >= 4 is 11.8 Å². The molecule has 2 fully saturated rings. The summed E-state index contributed by atoms with van der Waals surface area (Å²) in [4.78, 5) is 35.3. The summed E-state index contributed by atoms with van der Waals surface area (Å²) in [7, 11) is 3.51. The zero-order chi connectivity index (χ0) is 18.5. The largest absolute Gasteiger partial charge is 0.375 e. The third-order valence-corrected chi connectivity index (χ3v) is 5.41. The summed E-state index contributed by atoms with van der Waals surface area (Å²) in [5.41, 5.74) is 0. The van der Waals surface area contributed by atoms with Crippen LogP contribution in [0, 0.1) is 5.92 Å². The Balaban J connectivity index is 1.57. The van der Waals surface area contributed by atoms with Gasteiger partial charge < -0.3 is 24.0 Å². The van der Waals surface area contributed by atoms with Crippen LogP contribution in [0.3, 0.4) is 0 Å². The Labute approximate surface area is 154 Å². The highest BCUT2D eigenvalue weighted by Crippen LogP contribution is 2.21. The first kappa shape index (κ1) is 18.8. The molecule has 2 amide bonds. The first-order valence-corrected chi connectivity index (χ1v) is 9.30. The maximum absolute atomic E-state index is 13.1. The van der Waals surface area contributed by atoms with Crippen LogP contribution in [-0.2, 0) is 20.9 Å². The molecule has 2 saturated heterocycles. The molecule has 1 atom stereocenters. The quantitative estimate of drug-likeness (QED) is 0.731. The molecule has 144 valence electrons. The predicted molar refractivity (Wildman–Crippen MR) is 96.4 cm³/mol. The van der Waals surface area contributed by atoms with E-state index >= 15 is 0 Å². The number of carbonyl (C=O) groups is 2. The van der Waals surface area contributed by atoms with Gasteiger partial charge in [-0.1, -0.05) is 0 Å². The molecule has 26 heavy (non-hydrogen) atoms. The normalized spacial score (nSPS) is 22.6. The molecule has 0 N–H and O–H groups in total. The van der Waals surface area contributed by atoms with E-state index in [1.807, 2.05) is 24.5 Å². The lowest BCUT2D eigenvalue weighted by Gasteiger charge is -2.42. The SMILES string of the molecule is COCC(=O)N1CCN(C)CC1C(=O)N1CCC(Cn2ccnc2)CC1. The van der Waals surface area contributed by atoms with E-state index in [0.717, 1.165) is 39.0 Å². The predicted octanol–water partition coefficient (Wildman–Crippen LogP) is -0.0893. The second-order valence-corrected chi connectivity index (χ2v) is 7.33. The number of hydrogen-bond acceptors (Lipinski definition) is 5. The van der Waals surface area contributed by atoms with Crippen LogP contribution in [0.5, 0.6) is 0 Å². The molecule has 0 bridgehead atoms. The number of piperazine rings is 1. The molecule has 8 heteroatoms. The van der Waals surface area contributed by atoms with Gasteiger partial charge in [0.05, 0.1) is 6.33 Å². The van der Waals surface area contributed by atoms with Gasteiger partial charge in [0.1, 0.15) is 12.6 Å². The number of amides is 2.